The monoisotopic (exact) mass is 583 g/mol. The number of likely N-dealkylation sites (tertiary alicyclic amines) is 1. The number of benzene rings is 2. The van der Waals surface area contributed by atoms with Crippen molar-refractivity contribution in [1.82, 2.24) is 15.5 Å². The van der Waals surface area contributed by atoms with Crippen LogP contribution < -0.4 is 10.6 Å². The second-order valence-electron chi connectivity index (χ2n) is 9.73. The molecule has 2 aromatic rings. The first-order valence-electron chi connectivity index (χ1n) is 12.1. The summed E-state index contributed by atoms with van der Waals surface area (Å²) in [5.74, 6) is -1.34. The molecule has 200 valence electrons. The molecule has 2 atom stereocenters. The Bertz CT molecular complexity index is 1140. The average molecular weight is 584 g/mol. The summed E-state index contributed by atoms with van der Waals surface area (Å²) in [5.41, 5.74) is -1.17. The van der Waals surface area contributed by atoms with E-state index in [2.05, 4.69) is 31.5 Å². The van der Waals surface area contributed by atoms with Crippen molar-refractivity contribution in [1.29, 1.82) is 0 Å². The zero-order valence-electron chi connectivity index (χ0n) is 20.0. The van der Waals surface area contributed by atoms with Gasteiger partial charge in [0.2, 0.25) is 5.91 Å². The molecule has 2 amide bonds. The average Bonchev–Trinajstić information content (AvgIpc) is 3.22. The Hall–Kier alpha value is -2.47. The van der Waals surface area contributed by atoms with Gasteiger partial charge in [-0.1, -0.05) is 34.1 Å². The van der Waals surface area contributed by atoms with Crippen LogP contribution in [0.1, 0.15) is 47.2 Å². The van der Waals surface area contributed by atoms with Crippen molar-refractivity contribution in [2.75, 3.05) is 19.6 Å². The Balaban J connectivity index is 1.25. The molecule has 1 saturated heterocycles. The molecular weight excluding hydrogens is 555 g/mol. The first-order valence-corrected chi connectivity index (χ1v) is 12.9. The van der Waals surface area contributed by atoms with Crippen molar-refractivity contribution >= 4 is 27.7 Å². The quantitative estimate of drug-likeness (QED) is 0.418. The molecule has 2 fully saturated rings. The highest BCUT2D eigenvalue weighted by atomic mass is 79.9. The lowest BCUT2D eigenvalue weighted by Crippen LogP contribution is -2.47. The van der Waals surface area contributed by atoms with Crippen LogP contribution in [0, 0.1) is 0 Å². The van der Waals surface area contributed by atoms with E-state index in [0.29, 0.717) is 25.9 Å². The van der Waals surface area contributed by atoms with Crippen LogP contribution >= 0.6 is 15.9 Å². The molecule has 1 aliphatic carbocycles. The lowest BCUT2D eigenvalue weighted by atomic mass is 9.77. The SMILES string of the molecule is O=C(CNC(=O)c1cccc(C(F)(F)F)c1)NC1CN(C2CCC(O)(c3cccc(Br)c3)CC2)CC1O. The number of halogens is 4. The standard InChI is InChI=1S/C26H29BrF3N3O4/c27-19-6-2-4-17(12-19)25(37)9-7-20(8-10-25)33-14-21(22(34)15-33)32-23(35)13-31-24(36)16-3-1-5-18(11-16)26(28,29)30/h1-6,11-12,20-22,34,37H,7-10,13-15H2,(H,31,36)(H,32,35). The Morgan fingerprint density at radius 1 is 1.08 bits per heavy atom. The first kappa shape index (κ1) is 27.6. The number of nitrogens with zero attached hydrogens (tertiary/aromatic N) is 1. The van der Waals surface area contributed by atoms with Crippen molar-refractivity contribution in [2.45, 2.75) is 55.6 Å². The molecule has 2 aromatic carbocycles. The number of amides is 2. The predicted molar refractivity (Wildman–Crippen MR) is 134 cm³/mol. The Kier molecular flexibility index (Phi) is 8.27. The highest BCUT2D eigenvalue weighted by Gasteiger charge is 2.41. The molecular formula is C26H29BrF3N3O4. The lowest BCUT2D eigenvalue weighted by Gasteiger charge is -2.40. The van der Waals surface area contributed by atoms with Gasteiger partial charge in [-0.05, 0) is 61.6 Å². The van der Waals surface area contributed by atoms with E-state index in [1.165, 1.54) is 6.07 Å². The molecule has 0 radical (unpaired) electrons. The number of carbonyl (C=O) groups excluding carboxylic acids is 2. The largest absolute Gasteiger partial charge is 0.416 e. The third-order valence-corrected chi connectivity index (χ3v) is 7.68. The minimum Gasteiger partial charge on any atom is -0.390 e. The molecule has 1 saturated carbocycles. The van der Waals surface area contributed by atoms with Crippen LogP contribution in [0.15, 0.2) is 53.0 Å². The Morgan fingerprint density at radius 2 is 1.78 bits per heavy atom. The van der Waals surface area contributed by atoms with Gasteiger partial charge in [-0.15, -0.1) is 0 Å². The van der Waals surface area contributed by atoms with E-state index in [1.807, 2.05) is 24.3 Å². The molecule has 2 aliphatic rings. The van der Waals surface area contributed by atoms with Crippen LogP contribution in [0.2, 0.25) is 0 Å². The second-order valence-corrected chi connectivity index (χ2v) is 10.6. The van der Waals surface area contributed by atoms with Gasteiger partial charge in [-0.25, -0.2) is 0 Å². The molecule has 11 heteroatoms. The van der Waals surface area contributed by atoms with Gasteiger partial charge in [0.25, 0.3) is 5.91 Å². The smallest absolute Gasteiger partial charge is 0.390 e. The number of carbonyl (C=O) groups is 2. The van der Waals surface area contributed by atoms with E-state index in [0.717, 1.165) is 41.1 Å². The first-order chi connectivity index (χ1) is 17.4. The van der Waals surface area contributed by atoms with E-state index < -0.39 is 47.8 Å². The lowest BCUT2D eigenvalue weighted by molar-refractivity contribution is -0.137. The van der Waals surface area contributed by atoms with Crippen molar-refractivity contribution in [3.05, 3.63) is 69.7 Å². The van der Waals surface area contributed by atoms with Crippen molar-refractivity contribution in [3.63, 3.8) is 0 Å². The van der Waals surface area contributed by atoms with E-state index in [9.17, 15) is 33.0 Å². The van der Waals surface area contributed by atoms with Gasteiger partial charge in [0, 0.05) is 29.2 Å². The Morgan fingerprint density at radius 3 is 2.46 bits per heavy atom. The molecule has 7 nitrogen and oxygen atoms in total. The number of hydrogen-bond acceptors (Lipinski definition) is 5. The third kappa shape index (κ3) is 6.70. The number of nitrogens with one attached hydrogen (secondary N) is 2. The van der Waals surface area contributed by atoms with Gasteiger partial charge in [-0.3, -0.25) is 14.5 Å². The third-order valence-electron chi connectivity index (χ3n) is 7.19. The summed E-state index contributed by atoms with van der Waals surface area (Å²) in [7, 11) is 0. The normalized spacial score (nSPS) is 26.6. The van der Waals surface area contributed by atoms with Crippen molar-refractivity contribution in [3.8, 4) is 0 Å². The highest BCUT2D eigenvalue weighted by molar-refractivity contribution is 9.10. The van der Waals surface area contributed by atoms with Crippen LogP contribution in [-0.4, -0.2) is 64.7 Å². The number of β-amino-alcohol motifs (C(OH)–C–C–N with tert-alkyl or cyclic N) is 1. The maximum absolute atomic E-state index is 12.9. The summed E-state index contributed by atoms with van der Waals surface area (Å²) in [6.07, 6.45) is -2.73. The summed E-state index contributed by atoms with van der Waals surface area (Å²) in [5, 5.41) is 26.7. The molecule has 0 aromatic heterocycles. The molecule has 4 N–H and O–H groups in total. The Labute approximate surface area is 221 Å². The molecule has 4 rings (SSSR count). The number of hydrogen-bond donors (Lipinski definition) is 4. The maximum atomic E-state index is 12.9. The van der Waals surface area contributed by atoms with Gasteiger partial charge in [-0.2, -0.15) is 13.2 Å². The van der Waals surface area contributed by atoms with E-state index in [4.69, 9.17) is 0 Å². The zero-order valence-corrected chi connectivity index (χ0v) is 21.6. The molecule has 1 heterocycles. The fraction of sp³-hybridized carbons (Fsp3) is 0.462. The minimum atomic E-state index is -4.58. The fourth-order valence-electron chi connectivity index (χ4n) is 5.13. The number of aliphatic hydroxyl groups excluding tert-OH is 1. The maximum Gasteiger partial charge on any atom is 0.416 e. The fourth-order valence-corrected chi connectivity index (χ4v) is 5.52. The summed E-state index contributed by atoms with van der Waals surface area (Å²) in [6, 6.07) is 11.2. The molecule has 0 bridgehead atoms. The van der Waals surface area contributed by atoms with Crippen LogP contribution in [0.3, 0.4) is 0 Å². The zero-order chi connectivity index (χ0) is 26.8. The topological polar surface area (TPSA) is 102 Å². The van der Waals surface area contributed by atoms with Crippen LogP contribution in [0.4, 0.5) is 13.2 Å². The summed E-state index contributed by atoms with van der Waals surface area (Å²) in [4.78, 5) is 26.7. The summed E-state index contributed by atoms with van der Waals surface area (Å²) < 4.78 is 39.5. The number of aliphatic hydroxyl groups is 2. The van der Waals surface area contributed by atoms with Crippen LogP contribution in [-0.2, 0) is 16.6 Å². The summed E-state index contributed by atoms with van der Waals surface area (Å²) in [6.45, 7) is 0.372. The summed E-state index contributed by atoms with van der Waals surface area (Å²) >= 11 is 3.45. The molecule has 0 spiro atoms. The van der Waals surface area contributed by atoms with Crippen LogP contribution in [0.25, 0.3) is 0 Å². The van der Waals surface area contributed by atoms with Crippen molar-refractivity contribution < 1.29 is 33.0 Å². The van der Waals surface area contributed by atoms with E-state index in [1.54, 1.807) is 0 Å². The molecule has 37 heavy (non-hydrogen) atoms. The molecule has 1 aliphatic heterocycles. The van der Waals surface area contributed by atoms with Gasteiger partial charge in [0.15, 0.2) is 0 Å². The van der Waals surface area contributed by atoms with Crippen molar-refractivity contribution in [2.24, 2.45) is 0 Å². The van der Waals surface area contributed by atoms with E-state index >= 15 is 0 Å². The number of alkyl halides is 3. The highest BCUT2D eigenvalue weighted by Crippen LogP contribution is 2.40. The van der Waals surface area contributed by atoms with Gasteiger partial charge in [0.1, 0.15) is 0 Å². The predicted octanol–water partition coefficient (Wildman–Crippen LogP) is 3.19. The van der Waals surface area contributed by atoms with Crippen LogP contribution in [0.5, 0.6) is 0 Å². The van der Waals surface area contributed by atoms with Gasteiger partial charge < -0.3 is 20.8 Å². The minimum absolute atomic E-state index is 0.157. The number of rotatable bonds is 6. The second kappa shape index (κ2) is 11.1. The van der Waals surface area contributed by atoms with Gasteiger partial charge in [0.05, 0.1) is 29.9 Å². The molecule has 2 unspecified atom stereocenters. The van der Waals surface area contributed by atoms with E-state index in [-0.39, 0.29) is 11.6 Å². The van der Waals surface area contributed by atoms with Gasteiger partial charge >= 0.3 is 6.18 Å².